The largest absolute Gasteiger partial charge is 0.448 e. The zero-order valence-electron chi connectivity index (χ0n) is 12.5. The monoisotopic (exact) mass is 325 g/mol. The standard InChI is InChI=1S/C18H15NO3S/c1-12(22-18(21)16-10-5-11-23-16)17(20)19-15-9-4-7-13-6-2-3-8-14(13)15/h2-12H,1H3,(H,19,20). The van der Waals surface area contributed by atoms with Crippen LogP contribution in [0.25, 0.3) is 10.8 Å². The summed E-state index contributed by atoms with van der Waals surface area (Å²) in [5, 5.41) is 6.59. The van der Waals surface area contributed by atoms with Crippen molar-refractivity contribution in [1.29, 1.82) is 0 Å². The summed E-state index contributed by atoms with van der Waals surface area (Å²) >= 11 is 1.28. The molecule has 0 spiro atoms. The van der Waals surface area contributed by atoms with Gasteiger partial charge < -0.3 is 10.1 Å². The third kappa shape index (κ3) is 3.40. The zero-order valence-corrected chi connectivity index (χ0v) is 13.3. The first-order chi connectivity index (χ1) is 11.1. The van der Waals surface area contributed by atoms with E-state index in [0.717, 1.165) is 10.8 Å². The minimum atomic E-state index is -0.872. The van der Waals surface area contributed by atoms with Gasteiger partial charge in [0.2, 0.25) is 0 Å². The molecule has 1 atom stereocenters. The quantitative estimate of drug-likeness (QED) is 0.735. The van der Waals surface area contributed by atoms with E-state index in [9.17, 15) is 9.59 Å². The molecule has 0 aliphatic carbocycles. The number of hydrogen-bond acceptors (Lipinski definition) is 4. The average Bonchev–Trinajstić information content (AvgIpc) is 3.09. The van der Waals surface area contributed by atoms with Gasteiger partial charge in [-0.05, 0) is 29.8 Å². The van der Waals surface area contributed by atoms with E-state index in [1.807, 2.05) is 42.5 Å². The van der Waals surface area contributed by atoms with Gasteiger partial charge in [-0.15, -0.1) is 11.3 Å². The molecule has 0 radical (unpaired) electrons. The maximum atomic E-state index is 12.3. The van der Waals surface area contributed by atoms with E-state index in [4.69, 9.17) is 4.74 Å². The van der Waals surface area contributed by atoms with Gasteiger partial charge in [0.15, 0.2) is 6.10 Å². The van der Waals surface area contributed by atoms with Crippen molar-refractivity contribution >= 4 is 39.7 Å². The Labute approximate surface area is 137 Å². The van der Waals surface area contributed by atoms with Crippen molar-refractivity contribution in [1.82, 2.24) is 0 Å². The van der Waals surface area contributed by atoms with E-state index < -0.39 is 12.1 Å². The van der Waals surface area contributed by atoms with Crippen LogP contribution in [-0.2, 0) is 9.53 Å². The van der Waals surface area contributed by atoms with Crippen molar-refractivity contribution in [3.8, 4) is 0 Å². The molecule has 2 aromatic carbocycles. The van der Waals surface area contributed by atoms with Crippen molar-refractivity contribution in [2.45, 2.75) is 13.0 Å². The molecular formula is C18H15NO3S. The van der Waals surface area contributed by atoms with E-state index >= 15 is 0 Å². The van der Waals surface area contributed by atoms with Crippen molar-refractivity contribution in [2.24, 2.45) is 0 Å². The Kier molecular flexibility index (Phi) is 4.39. The number of carbonyl (C=O) groups excluding carboxylic acids is 2. The Morgan fingerprint density at radius 2 is 1.83 bits per heavy atom. The first-order valence-corrected chi connectivity index (χ1v) is 8.06. The van der Waals surface area contributed by atoms with E-state index in [-0.39, 0.29) is 5.91 Å². The van der Waals surface area contributed by atoms with Crippen LogP contribution >= 0.6 is 11.3 Å². The molecule has 0 fully saturated rings. The van der Waals surface area contributed by atoms with Crippen LogP contribution in [0.4, 0.5) is 5.69 Å². The summed E-state index contributed by atoms with van der Waals surface area (Å²) in [6, 6.07) is 16.9. The maximum absolute atomic E-state index is 12.3. The molecule has 4 nitrogen and oxygen atoms in total. The van der Waals surface area contributed by atoms with E-state index in [2.05, 4.69) is 5.32 Å². The molecule has 1 N–H and O–H groups in total. The number of thiophene rings is 1. The van der Waals surface area contributed by atoms with Crippen LogP contribution in [0.2, 0.25) is 0 Å². The molecule has 0 aliphatic heterocycles. The molecule has 3 aromatic rings. The number of hydrogen-bond donors (Lipinski definition) is 1. The fourth-order valence-corrected chi connectivity index (χ4v) is 2.84. The lowest BCUT2D eigenvalue weighted by molar-refractivity contribution is -0.123. The first kappa shape index (κ1) is 15.2. The highest BCUT2D eigenvalue weighted by atomic mass is 32.1. The minimum Gasteiger partial charge on any atom is -0.448 e. The number of esters is 1. The second kappa shape index (κ2) is 6.62. The van der Waals surface area contributed by atoms with Crippen LogP contribution in [0.15, 0.2) is 60.0 Å². The highest BCUT2D eigenvalue weighted by Crippen LogP contribution is 2.23. The number of carbonyl (C=O) groups is 2. The van der Waals surface area contributed by atoms with Gasteiger partial charge in [-0.25, -0.2) is 4.79 Å². The molecule has 1 heterocycles. The summed E-state index contributed by atoms with van der Waals surface area (Å²) in [5.41, 5.74) is 0.701. The number of ether oxygens (including phenoxy) is 1. The van der Waals surface area contributed by atoms with Crippen molar-refractivity contribution < 1.29 is 14.3 Å². The lowest BCUT2D eigenvalue weighted by Gasteiger charge is -2.14. The van der Waals surface area contributed by atoms with Gasteiger partial charge in [0.1, 0.15) is 4.88 Å². The maximum Gasteiger partial charge on any atom is 0.349 e. The fraction of sp³-hybridized carbons (Fsp3) is 0.111. The summed E-state index contributed by atoms with van der Waals surface area (Å²) in [5.74, 6) is -0.841. The molecule has 0 aliphatic rings. The zero-order chi connectivity index (χ0) is 16.2. The second-order valence-electron chi connectivity index (χ2n) is 5.04. The number of amides is 1. The van der Waals surface area contributed by atoms with Gasteiger partial charge >= 0.3 is 5.97 Å². The molecule has 1 aromatic heterocycles. The van der Waals surface area contributed by atoms with Crippen LogP contribution in [0.3, 0.4) is 0 Å². The molecular weight excluding hydrogens is 310 g/mol. The highest BCUT2D eigenvalue weighted by molar-refractivity contribution is 7.11. The minimum absolute atomic E-state index is 0.355. The summed E-state index contributed by atoms with van der Waals surface area (Å²) in [6.07, 6.45) is -0.872. The number of fused-ring (bicyclic) bond motifs is 1. The molecule has 5 heteroatoms. The average molecular weight is 325 g/mol. The number of benzene rings is 2. The van der Waals surface area contributed by atoms with Crippen LogP contribution in [0.5, 0.6) is 0 Å². The lowest BCUT2D eigenvalue weighted by Crippen LogP contribution is -2.29. The van der Waals surface area contributed by atoms with Crippen molar-refractivity contribution in [3.05, 3.63) is 64.9 Å². The molecule has 3 rings (SSSR count). The predicted octanol–water partition coefficient (Wildman–Crippen LogP) is 4.09. The van der Waals surface area contributed by atoms with E-state index in [1.165, 1.54) is 11.3 Å². The van der Waals surface area contributed by atoms with Gasteiger partial charge in [-0.3, -0.25) is 4.79 Å². The number of rotatable bonds is 4. The van der Waals surface area contributed by atoms with Crippen LogP contribution < -0.4 is 5.32 Å². The third-order valence-corrected chi connectivity index (χ3v) is 4.27. The molecule has 0 saturated heterocycles. The molecule has 1 unspecified atom stereocenters. The summed E-state index contributed by atoms with van der Waals surface area (Å²) < 4.78 is 5.20. The Balaban J connectivity index is 1.72. The Morgan fingerprint density at radius 1 is 1.04 bits per heavy atom. The fourth-order valence-electron chi connectivity index (χ4n) is 2.24. The first-order valence-electron chi connectivity index (χ1n) is 7.18. The topological polar surface area (TPSA) is 55.4 Å². The van der Waals surface area contributed by atoms with Crippen LogP contribution in [-0.4, -0.2) is 18.0 Å². The number of nitrogens with one attached hydrogen (secondary N) is 1. The molecule has 0 bridgehead atoms. The van der Waals surface area contributed by atoms with Gasteiger partial charge in [0.25, 0.3) is 5.91 Å². The van der Waals surface area contributed by atoms with E-state index in [0.29, 0.717) is 10.6 Å². The SMILES string of the molecule is CC(OC(=O)c1cccs1)C(=O)Nc1cccc2ccccc12. The third-order valence-electron chi connectivity index (χ3n) is 3.42. The van der Waals surface area contributed by atoms with Crippen LogP contribution in [0, 0.1) is 0 Å². The molecule has 23 heavy (non-hydrogen) atoms. The Bertz CT molecular complexity index is 837. The number of anilines is 1. The highest BCUT2D eigenvalue weighted by Gasteiger charge is 2.20. The molecule has 1 amide bonds. The van der Waals surface area contributed by atoms with E-state index in [1.54, 1.807) is 24.4 Å². The molecule has 0 saturated carbocycles. The summed E-state index contributed by atoms with van der Waals surface area (Å²) in [6.45, 7) is 1.56. The van der Waals surface area contributed by atoms with Gasteiger partial charge in [0, 0.05) is 11.1 Å². The van der Waals surface area contributed by atoms with Crippen LogP contribution in [0.1, 0.15) is 16.6 Å². The van der Waals surface area contributed by atoms with Crippen molar-refractivity contribution in [3.63, 3.8) is 0 Å². The molecule has 116 valence electrons. The lowest BCUT2D eigenvalue weighted by atomic mass is 10.1. The Hall–Kier alpha value is -2.66. The second-order valence-corrected chi connectivity index (χ2v) is 5.99. The van der Waals surface area contributed by atoms with Crippen molar-refractivity contribution in [2.75, 3.05) is 5.32 Å². The summed E-state index contributed by atoms with van der Waals surface area (Å²) in [7, 11) is 0. The summed E-state index contributed by atoms with van der Waals surface area (Å²) in [4.78, 5) is 24.7. The van der Waals surface area contributed by atoms with Gasteiger partial charge in [0.05, 0.1) is 0 Å². The Morgan fingerprint density at radius 3 is 2.61 bits per heavy atom. The van der Waals surface area contributed by atoms with Gasteiger partial charge in [-0.2, -0.15) is 0 Å². The predicted molar refractivity (Wildman–Crippen MR) is 91.8 cm³/mol. The normalized spacial score (nSPS) is 11.9. The smallest absolute Gasteiger partial charge is 0.349 e. The van der Waals surface area contributed by atoms with Gasteiger partial charge in [-0.1, -0.05) is 42.5 Å².